The molecule has 0 radical (unpaired) electrons. The minimum atomic E-state index is -3.61. The molecule has 0 aromatic heterocycles. The Morgan fingerprint density at radius 3 is 2.65 bits per heavy atom. The number of hydrogen-bond donors (Lipinski definition) is 1. The highest BCUT2D eigenvalue weighted by Gasteiger charge is 2.29. The van der Waals surface area contributed by atoms with E-state index in [1.165, 1.54) is 11.0 Å². The van der Waals surface area contributed by atoms with Crippen molar-refractivity contribution in [2.75, 3.05) is 13.1 Å². The second kappa shape index (κ2) is 8.33. The standard InChI is InChI=1S/C17H24Cl2N2O4S/c1-17(2,3)25-16(22)21-8-4-5-14(10-21)20-26(23,24)11-12-6-7-13(18)9-15(12)19/h6-7,9,14,20H,4-5,8,10-11H2,1-3H3/t14-/m1/s1. The molecule has 26 heavy (non-hydrogen) atoms. The van der Waals surface area contributed by atoms with Crippen LogP contribution in [0.1, 0.15) is 39.2 Å². The van der Waals surface area contributed by atoms with Gasteiger partial charge in [-0.2, -0.15) is 0 Å². The van der Waals surface area contributed by atoms with E-state index in [4.69, 9.17) is 27.9 Å². The van der Waals surface area contributed by atoms with Crippen molar-refractivity contribution < 1.29 is 17.9 Å². The van der Waals surface area contributed by atoms with Gasteiger partial charge in [0.1, 0.15) is 5.60 Å². The summed E-state index contributed by atoms with van der Waals surface area (Å²) < 4.78 is 33.0. The van der Waals surface area contributed by atoms with Crippen LogP contribution in [0, 0.1) is 0 Å². The summed E-state index contributed by atoms with van der Waals surface area (Å²) in [6, 6.07) is 4.35. The van der Waals surface area contributed by atoms with Gasteiger partial charge in [0, 0.05) is 29.2 Å². The Balaban J connectivity index is 1.99. The van der Waals surface area contributed by atoms with E-state index in [-0.39, 0.29) is 18.3 Å². The zero-order chi connectivity index (χ0) is 19.5. The smallest absolute Gasteiger partial charge is 0.410 e. The van der Waals surface area contributed by atoms with Crippen molar-refractivity contribution >= 4 is 39.3 Å². The Morgan fingerprint density at radius 1 is 1.35 bits per heavy atom. The summed E-state index contributed by atoms with van der Waals surface area (Å²) in [5.74, 6) is -0.244. The first-order chi connectivity index (χ1) is 12.0. The van der Waals surface area contributed by atoms with Gasteiger partial charge in [0.2, 0.25) is 10.0 Å². The molecule has 0 aliphatic carbocycles. The van der Waals surface area contributed by atoms with Crippen LogP contribution in [0.3, 0.4) is 0 Å². The van der Waals surface area contributed by atoms with E-state index in [2.05, 4.69) is 4.72 Å². The molecule has 2 rings (SSSR count). The lowest BCUT2D eigenvalue weighted by atomic mass is 10.1. The van der Waals surface area contributed by atoms with Crippen LogP contribution in [-0.2, 0) is 20.5 Å². The van der Waals surface area contributed by atoms with Crippen molar-refractivity contribution in [2.45, 2.75) is 51.0 Å². The molecule has 1 atom stereocenters. The summed E-state index contributed by atoms with van der Waals surface area (Å²) in [6.45, 7) is 6.22. The zero-order valence-corrected chi connectivity index (χ0v) is 17.4. The highest BCUT2D eigenvalue weighted by Crippen LogP contribution is 2.23. The van der Waals surface area contributed by atoms with Gasteiger partial charge < -0.3 is 9.64 Å². The average Bonchev–Trinajstić information content (AvgIpc) is 2.48. The maximum atomic E-state index is 12.5. The molecule has 1 saturated heterocycles. The monoisotopic (exact) mass is 422 g/mol. The van der Waals surface area contributed by atoms with Crippen LogP contribution < -0.4 is 4.72 Å². The number of nitrogens with one attached hydrogen (secondary N) is 1. The Hall–Kier alpha value is -1.02. The number of sulfonamides is 1. The van der Waals surface area contributed by atoms with Gasteiger partial charge in [0.15, 0.2) is 0 Å². The summed E-state index contributed by atoms with van der Waals surface area (Å²) >= 11 is 11.9. The molecule has 1 aromatic rings. The number of benzene rings is 1. The highest BCUT2D eigenvalue weighted by molar-refractivity contribution is 7.88. The summed E-state index contributed by atoms with van der Waals surface area (Å²) in [5.41, 5.74) is -0.113. The van der Waals surface area contributed by atoms with Crippen LogP contribution in [-0.4, -0.2) is 44.1 Å². The molecule has 1 aliphatic heterocycles. The Labute approximate surface area is 164 Å². The van der Waals surface area contributed by atoms with Gasteiger partial charge in [-0.25, -0.2) is 17.9 Å². The zero-order valence-electron chi connectivity index (χ0n) is 15.1. The third-order valence-electron chi connectivity index (χ3n) is 3.78. The highest BCUT2D eigenvalue weighted by atomic mass is 35.5. The predicted octanol–water partition coefficient (Wildman–Crippen LogP) is 3.81. The van der Waals surface area contributed by atoms with Crippen LogP contribution in [0.25, 0.3) is 0 Å². The van der Waals surface area contributed by atoms with E-state index < -0.39 is 21.7 Å². The maximum absolute atomic E-state index is 12.5. The number of ether oxygens (including phenoxy) is 1. The minimum absolute atomic E-state index is 0.244. The molecule has 1 amide bonds. The molecular formula is C17H24Cl2N2O4S. The molecule has 1 aromatic carbocycles. The molecule has 9 heteroatoms. The largest absolute Gasteiger partial charge is 0.444 e. The first-order valence-corrected chi connectivity index (χ1v) is 10.8. The van der Waals surface area contributed by atoms with Crippen molar-refractivity contribution in [1.82, 2.24) is 9.62 Å². The normalized spacial score (nSPS) is 18.7. The van der Waals surface area contributed by atoms with Crippen LogP contribution in [0.4, 0.5) is 4.79 Å². The van der Waals surface area contributed by atoms with Gasteiger partial charge in [-0.1, -0.05) is 29.3 Å². The average molecular weight is 423 g/mol. The van der Waals surface area contributed by atoms with E-state index in [9.17, 15) is 13.2 Å². The minimum Gasteiger partial charge on any atom is -0.444 e. The van der Waals surface area contributed by atoms with Crippen LogP contribution in [0.5, 0.6) is 0 Å². The molecular weight excluding hydrogens is 399 g/mol. The van der Waals surface area contributed by atoms with Gasteiger partial charge in [-0.05, 0) is 51.3 Å². The number of halogens is 2. The molecule has 0 unspecified atom stereocenters. The fourth-order valence-corrected chi connectivity index (χ4v) is 4.70. The SMILES string of the molecule is CC(C)(C)OC(=O)N1CCC[C@@H](NS(=O)(=O)Cc2ccc(Cl)cc2Cl)C1. The number of likely N-dealkylation sites (tertiary alicyclic amines) is 1. The molecule has 6 nitrogen and oxygen atoms in total. The second-order valence-electron chi connectivity index (χ2n) is 7.38. The number of piperidine rings is 1. The lowest BCUT2D eigenvalue weighted by Crippen LogP contribution is -2.50. The van der Waals surface area contributed by atoms with Gasteiger partial charge in [0.05, 0.1) is 5.75 Å². The molecule has 0 bridgehead atoms. The topological polar surface area (TPSA) is 75.7 Å². The Kier molecular flexibility index (Phi) is 6.82. The molecule has 0 saturated carbocycles. The molecule has 1 N–H and O–H groups in total. The van der Waals surface area contributed by atoms with E-state index in [1.54, 1.807) is 32.9 Å². The number of nitrogens with zero attached hydrogens (tertiary/aromatic N) is 1. The lowest BCUT2D eigenvalue weighted by molar-refractivity contribution is 0.0195. The molecule has 146 valence electrons. The van der Waals surface area contributed by atoms with Crippen molar-refractivity contribution in [3.8, 4) is 0 Å². The third kappa shape index (κ3) is 6.61. The van der Waals surface area contributed by atoms with Crippen molar-refractivity contribution in [1.29, 1.82) is 0 Å². The summed E-state index contributed by atoms with van der Waals surface area (Å²) in [4.78, 5) is 13.7. The molecule has 1 aliphatic rings. The predicted molar refractivity (Wildman–Crippen MR) is 103 cm³/mol. The molecule has 1 heterocycles. The first kappa shape index (κ1) is 21.3. The number of carbonyl (C=O) groups excluding carboxylic acids is 1. The number of amides is 1. The van der Waals surface area contributed by atoms with Crippen LogP contribution >= 0.6 is 23.2 Å². The number of carbonyl (C=O) groups is 1. The summed E-state index contributed by atoms with van der Waals surface area (Å²) in [6.07, 6.45) is 0.934. The van der Waals surface area contributed by atoms with Gasteiger partial charge in [-0.3, -0.25) is 0 Å². The Bertz CT molecular complexity index is 763. The summed E-state index contributed by atoms with van der Waals surface area (Å²) in [7, 11) is -3.61. The molecule has 1 fully saturated rings. The summed E-state index contributed by atoms with van der Waals surface area (Å²) in [5, 5.41) is 0.756. The van der Waals surface area contributed by atoms with Crippen molar-refractivity contribution in [3.63, 3.8) is 0 Å². The molecule has 0 spiro atoms. The van der Waals surface area contributed by atoms with Crippen LogP contribution in [0.2, 0.25) is 10.0 Å². The van der Waals surface area contributed by atoms with Crippen molar-refractivity contribution in [3.05, 3.63) is 33.8 Å². The van der Waals surface area contributed by atoms with Crippen molar-refractivity contribution in [2.24, 2.45) is 0 Å². The Morgan fingerprint density at radius 2 is 2.04 bits per heavy atom. The number of rotatable bonds is 4. The first-order valence-electron chi connectivity index (χ1n) is 8.37. The van der Waals surface area contributed by atoms with Crippen LogP contribution in [0.15, 0.2) is 18.2 Å². The fourth-order valence-electron chi connectivity index (χ4n) is 2.70. The quantitative estimate of drug-likeness (QED) is 0.799. The fraction of sp³-hybridized carbons (Fsp3) is 0.588. The third-order valence-corrected chi connectivity index (χ3v) is 5.75. The second-order valence-corrected chi connectivity index (χ2v) is 9.98. The van der Waals surface area contributed by atoms with Gasteiger partial charge in [-0.15, -0.1) is 0 Å². The maximum Gasteiger partial charge on any atom is 0.410 e. The van der Waals surface area contributed by atoms with Gasteiger partial charge >= 0.3 is 6.09 Å². The van der Waals surface area contributed by atoms with E-state index in [0.29, 0.717) is 35.0 Å². The van der Waals surface area contributed by atoms with E-state index >= 15 is 0 Å². The van der Waals surface area contributed by atoms with E-state index in [1.807, 2.05) is 0 Å². The van der Waals surface area contributed by atoms with E-state index in [0.717, 1.165) is 0 Å². The van der Waals surface area contributed by atoms with Gasteiger partial charge in [0.25, 0.3) is 0 Å². The number of hydrogen-bond acceptors (Lipinski definition) is 4. The lowest BCUT2D eigenvalue weighted by Gasteiger charge is -2.34.